The number of hydrogen-bond acceptors (Lipinski definition) is 3. The molecular weight excluding hydrogens is 266 g/mol. The number of amides is 2. The number of carbonyl (C=O) groups excluding carboxylic acids is 1. The largest absolute Gasteiger partial charge is 0.384 e. The summed E-state index contributed by atoms with van der Waals surface area (Å²) in [7, 11) is 3.54. The van der Waals surface area contributed by atoms with Crippen LogP contribution in [0.4, 0.5) is 4.79 Å². The van der Waals surface area contributed by atoms with Gasteiger partial charge >= 0.3 is 6.03 Å². The van der Waals surface area contributed by atoms with E-state index < -0.39 is 0 Å². The standard InChI is InChI=1S/C16H29N3O2/c1-17-15(20)18-8-6-16(7-9-18)12-19(14-4-3-5-14)10-13(16)11-21-2/h13-14H,3-12H2,1-2H3,(H,17,20). The summed E-state index contributed by atoms with van der Waals surface area (Å²) in [5.74, 6) is 0.634. The number of nitrogens with one attached hydrogen (secondary N) is 1. The average Bonchev–Trinajstić information content (AvgIpc) is 2.76. The Morgan fingerprint density at radius 3 is 2.57 bits per heavy atom. The van der Waals surface area contributed by atoms with Gasteiger partial charge < -0.3 is 15.0 Å². The summed E-state index contributed by atoms with van der Waals surface area (Å²) >= 11 is 0. The van der Waals surface area contributed by atoms with E-state index in [1.165, 1.54) is 32.4 Å². The molecule has 1 spiro atoms. The first-order valence-corrected chi connectivity index (χ1v) is 8.38. The van der Waals surface area contributed by atoms with Gasteiger partial charge in [0, 0.05) is 52.3 Å². The topological polar surface area (TPSA) is 44.8 Å². The van der Waals surface area contributed by atoms with Crippen molar-refractivity contribution in [3.8, 4) is 0 Å². The Morgan fingerprint density at radius 1 is 1.33 bits per heavy atom. The van der Waals surface area contributed by atoms with Gasteiger partial charge in [-0.2, -0.15) is 0 Å². The zero-order valence-electron chi connectivity index (χ0n) is 13.4. The lowest BCUT2D eigenvalue weighted by atomic mass is 9.71. The van der Waals surface area contributed by atoms with Gasteiger partial charge in [0.1, 0.15) is 0 Å². The van der Waals surface area contributed by atoms with Gasteiger partial charge in [-0.1, -0.05) is 6.42 Å². The first kappa shape index (κ1) is 15.1. The summed E-state index contributed by atoms with van der Waals surface area (Å²) in [6, 6.07) is 0.891. The van der Waals surface area contributed by atoms with Crippen LogP contribution >= 0.6 is 0 Å². The second-order valence-corrected chi connectivity index (χ2v) is 7.07. The minimum Gasteiger partial charge on any atom is -0.384 e. The number of piperidine rings is 1. The normalized spacial score (nSPS) is 29.6. The van der Waals surface area contributed by atoms with Gasteiger partial charge in [0.15, 0.2) is 0 Å². The van der Waals surface area contributed by atoms with Crippen LogP contribution in [0.25, 0.3) is 0 Å². The second kappa shape index (κ2) is 6.13. The molecule has 1 aliphatic carbocycles. The molecule has 1 atom stereocenters. The predicted molar refractivity (Wildman–Crippen MR) is 82.3 cm³/mol. The van der Waals surface area contributed by atoms with Crippen molar-refractivity contribution < 1.29 is 9.53 Å². The number of hydrogen-bond donors (Lipinski definition) is 1. The maximum absolute atomic E-state index is 11.8. The average molecular weight is 295 g/mol. The van der Waals surface area contributed by atoms with Crippen LogP contribution in [0.3, 0.4) is 0 Å². The molecule has 1 unspecified atom stereocenters. The van der Waals surface area contributed by atoms with E-state index in [0.29, 0.717) is 11.3 Å². The fourth-order valence-electron chi connectivity index (χ4n) is 4.42. The summed E-state index contributed by atoms with van der Waals surface area (Å²) in [6.45, 7) is 5.05. The molecule has 120 valence electrons. The van der Waals surface area contributed by atoms with Crippen molar-refractivity contribution >= 4 is 6.03 Å². The van der Waals surface area contributed by atoms with Crippen molar-refractivity contribution in [1.82, 2.24) is 15.1 Å². The number of urea groups is 1. The summed E-state index contributed by atoms with van der Waals surface area (Å²) in [6.07, 6.45) is 6.39. The van der Waals surface area contributed by atoms with E-state index >= 15 is 0 Å². The number of methoxy groups -OCH3 is 1. The van der Waals surface area contributed by atoms with Gasteiger partial charge in [0.05, 0.1) is 6.61 Å². The number of ether oxygens (including phenoxy) is 1. The van der Waals surface area contributed by atoms with E-state index in [2.05, 4.69) is 10.2 Å². The molecule has 2 amide bonds. The Morgan fingerprint density at radius 2 is 2.05 bits per heavy atom. The molecule has 3 rings (SSSR count). The van der Waals surface area contributed by atoms with E-state index in [9.17, 15) is 4.79 Å². The smallest absolute Gasteiger partial charge is 0.317 e. The van der Waals surface area contributed by atoms with Crippen molar-refractivity contribution in [3.05, 3.63) is 0 Å². The Bertz CT molecular complexity index is 376. The SMILES string of the molecule is CNC(=O)N1CCC2(CC1)CN(C1CCC1)CC2COC. The van der Waals surface area contributed by atoms with Crippen LogP contribution in [0, 0.1) is 11.3 Å². The lowest BCUT2D eigenvalue weighted by Crippen LogP contribution is -2.49. The Hall–Kier alpha value is -0.810. The number of carbonyl (C=O) groups is 1. The third kappa shape index (κ3) is 2.78. The minimum atomic E-state index is 0.0713. The fourth-order valence-corrected chi connectivity index (χ4v) is 4.42. The van der Waals surface area contributed by atoms with Crippen molar-refractivity contribution in [3.63, 3.8) is 0 Å². The molecule has 5 heteroatoms. The van der Waals surface area contributed by atoms with Crippen molar-refractivity contribution in [2.45, 2.75) is 38.1 Å². The summed E-state index contributed by atoms with van der Waals surface area (Å²) < 4.78 is 5.51. The highest BCUT2D eigenvalue weighted by atomic mass is 16.5. The van der Waals surface area contributed by atoms with Gasteiger partial charge in [0.2, 0.25) is 0 Å². The molecule has 5 nitrogen and oxygen atoms in total. The van der Waals surface area contributed by atoms with Crippen molar-refractivity contribution in [2.24, 2.45) is 11.3 Å². The van der Waals surface area contributed by atoms with Gasteiger partial charge in [-0.3, -0.25) is 4.90 Å². The highest BCUT2D eigenvalue weighted by molar-refractivity contribution is 5.73. The highest BCUT2D eigenvalue weighted by Gasteiger charge is 2.50. The molecule has 1 saturated carbocycles. The summed E-state index contributed by atoms with van der Waals surface area (Å²) in [4.78, 5) is 16.5. The van der Waals surface area contributed by atoms with Crippen LogP contribution in [0.1, 0.15) is 32.1 Å². The van der Waals surface area contributed by atoms with E-state index in [1.807, 2.05) is 12.0 Å². The molecule has 0 aromatic carbocycles. The van der Waals surface area contributed by atoms with E-state index in [4.69, 9.17) is 4.74 Å². The van der Waals surface area contributed by atoms with Crippen LogP contribution in [-0.4, -0.2) is 68.8 Å². The number of likely N-dealkylation sites (tertiary alicyclic amines) is 2. The molecule has 2 aliphatic heterocycles. The van der Waals surface area contributed by atoms with Gasteiger partial charge in [-0.15, -0.1) is 0 Å². The third-order valence-corrected chi connectivity index (χ3v) is 6.06. The molecule has 0 bridgehead atoms. The molecule has 0 radical (unpaired) electrons. The summed E-state index contributed by atoms with van der Waals surface area (Å²) in [5.41, 5.74) is 0.371. The molecule has 0 aromatic heterocycles. The Labute approximate surface area is 128 Å². The van der Waals surface area contributed by atoms with Crippen LogP contribution in [-0.2, 0) is 4.74 Å². The monoisotopic (exact) mass is 295 g/mol. The number of nitrogens with zero attached hydrogens (tertiary/aromatic N) is 2. The van der Waals surface area contributed by atoms with E-state index in [1.54, 1.807) is 7.05 Å². The van der Waals surface area contributed by atoms with Gasteiger partial charge in [-0.25, -0.2) is 4.79 Å². The first-order valence-electron chi connectivity index (χ1n) is 8.38. The molecule has 21 heavy (non-hydrogen) atoms. The number of rotatable bonds is 3. The predicted octanol–water partition coefficient (Wildman–Crippen LogP) is 1.54. The van der Waals surface area contributed by atoms with Crippen LogP contribution in [0.15, 0.2) is 0 Å². The lowest BCUT2D eigenvalue weighted by Gasteiger charge is -2.43. The minimum absolute atomic E-state index is 0.0713. The van der Waals surface area contributed by atoms with Gasteiger partial charge in [-0.05, 0) is 31.1 Å². The molecular formula is C16H29N3O2. The molecule has 3 aliphatic rings. The maximum Gasteiger partial charge on any atom is 0.317 e. The lowest BCUT2D eigenvalue weighted by molar-refractivity contribution is 0.0459. The molecule has 2 saturated heterocycles. The Balaban J connectivity index is 1.65. The van der Waals surface area contributed by atoms with Crippen LogP contribution in [0.2, 0.25) is 0 Å². The zero-order valence-corrected chi connectivity index (χ0v) is 13.4. The quantitative estimate of drug-likeness (QED) is 0.859. The first-order chi connectivity index (χ1) is 10.2. The molecule has 0 aromatic rings. The summed E-state index contributed by atoms with van der Waals surface area (Å²) in [5, 5.41) is 2.75. The zero-order chi connectivity index (χ0) is 14.9. The second-order valence-electron chi connectivity index (χ2n) is 7.07. The molecule has 3 fully saturated rings. The van der Waals surface area contributed by atoms with Crippen molar-refractivity contribution in [1.29, 1.82) is 0 Å². The van der Waals surface area contributed by atoms with Crippen molar-refractivity contribution in [2.75, 3.05) is 46.9 Å². The van der Waals surface area contributed by atoms with Crippen LogP contribution < -0.4 is 5.32 Å². The highest BCUT2D eigenvalue weighted by Crippen LogP contribution is 2.47. The molecule has 1 N–H and O–H groups in total. The molecule has 2 heterocycles. The van der Waals surface area contributed by atoms with Gasteiger partial charge in [0.25, 0.3) is 0 Å². The van der Waals surface area contributed by atoms with E-state index in [0.717, 1.165) is 38.6 Å². The Kier molecular flexibility index (Phi) is 4.41. The van der Waals surface area contributed by atoms with Crippen LogP contribution in [0.5, 0.6) is 0 Å². The fraction of sp³-hybridized carbons (Fsp3) is 0.938. The maximum atomic E-state index is 11.8. The van der Waals surface area contributed by atoms with E-state index in [-0.39, 0.29) is 6.03 Å². The third-order valence-electron chi connectivity index (χ3n) is 6.06.